The molecule has 2 aliphatic heterocycles. The Kier molecular flexibility index (Phi) is 5.36. The molecule has 0 radical (unpaired) electrons. The lowest BCUT2D eigenvalue weighted by atomic mass is 9.88. The van der Waals surface area contributed by atoms with E-state index in [0.717, 1.165) is 50.2 Å². The first kappa shape index (κ1) is 18.3. The van der Waals surface area contributed by atoms with Crippen LogP contribution in [0.1, 0.15) is 34.9 Å². The molecule has 1 aromatic carbocycles. The van der Waals surface area contributed by atoms with Gasteiger partial charge in [0.1, 0.15) is 0 Å². The molecule has 5 nitrogen and oxygen atoms in total. The quantitative estimate of drug-likeness (QED) is 0.877. The highest BCUT2D eigenvalue weighted by molar-refractivity contribution is 7.10. The summed E-state index contributed by atoms with van der Waals surface area (Å²) in [4.78, 5) is 16.7. The number of hydrogen-bond acceptors (Lipinski definition) is 5. The third kappa shape index (κ3) is 3.44. The van der Waals surface area contributed by atoms with Crippen molar-refractivity contribution in [3.8, 4) is 11.5 Å². The number of thiophene rings is 1. The number of nitrogens with zero attached hydrogens (tertiary/aromatic N) is 1. The van der Waals surface area contributed by atoms with Crippen LogP contribution >= 0.6 is 11.3 Å². The SMILES string of the molecule is COc1cc2c(cc1OC)C(c1cccs1)N(C(=O)C1CCCNC1)CC2. The van der Waals surface area contributed by atoms with Crippen LogP contribution < -0.4 is 14.8 Å². The second-order valence-corrected chi connectivity index (χ2v) is 8.13. The molecule has 1 aromatic heterocycles. The van der Waals surface area contributed by atoms with Gasteiger partial charge in [0, 0.05) is 18.0 Å². The van der Waals surface area contributed by atoms with Crippen LogP contribution in [0.5, 0.6) is 11.5 Å². The third-order valence-corrected chi connectivity index (χ3v) is 6.54. The van der Waals surface area contributed by atoms with Crippen molar-refractivity contribution in [3.05, 3.63) is 45.6 Å². The molecule has 2 atom stereocenters. The van der Waals surface area contributed by atoms with E-state index in [-0.39, 0.29) is 17.9 Å². The topological polar surface area (TPSA) is 50.8 Å². The first-order valence-corrected chi connectivity index (χ1v) is 10.4. The Morgan fingerprint density at radius 2 is 2.07 bits per heavy atom. The van der Waals surface area contributed by atoms with E-state index in [2.05, 4.69) is 39.9 Å². The van der Waals surface area contributed by atoms with E-state index >= 15 is 0 Å². The fourth-order valence-corrected chi connectivity index (χ4v) is 5.09. The van der Waals surface area contributed by atoms with E-state index in [0.29, 0.717) is 5.75 Å². The second-order valence-electron chi connectivity index (χ2n) is 7.15. The van der Waals surface area contributed by atoms with Crippen LogP contribution in [0, 0.1) is 5.92 Å². The molecule has 1 N–H and O–H groups in total. The number of carbonyl (C=O) groups is 1. The van der Waals surface area contributed by atoms with E-state index in [9.17, 15) is 4.79 Å². The Labute approximate surface area is 164 Å². The van der Waals surface area contributed by atoms with Crippen LogP contribution in [0.4, 0.5) is 0 Å². The molecule has 1 amide bonds. The van der Waals surface area contributed by atoms with Gasteiger partial charge in [0.15, 0.2) is 11.5 Å². The fraction of sp³-hybridized carbons (Fsp3) is 0.476. The van der Waals surface area contributed by atoms with Crippen molar-refractivity contribution in [1.82, 2.24) is 10.2 Å². The normalized spacial score (nSPS) is 22.2. The monoisotopic (exact) mass is 386 g/mol. The Bertz CT molecular complexity index is 800. The summed E-state index contributed by atoms with van der Waals surface area (Å²) in [5.41, 5.74) is 2.38. The van der Waals surface area contributed by atoms with Crippen LogP contribution in [0.2, 0.25) is 0 Å². The number of piperidine rings is 1. The van der Waals surface area contributed by atoms with Gasteiger partial charge in [-0.2, -0.15) is 0 Å². The molecule has 2 aliphatic rings. The summed E-state index contributed by atoms with van der Waals surface area (Å²) >= 11 is 1.70. The molecule has 1 fully saturated rings. The van der Waals surface area contributed by atoms with Gasteiger partial charge in [0.25, 0.3) is 0 Å². The van der Waals surface area contributed by atoms with Crippen molar-refractivity contribution < 1.29 is 14.3 Å². The van der Waals surface area contributed by atoms with Crippen molar-refractivity contribution in [3.63, 3.8) is 0 Å². The van der Waals surface area contributed by atoms with Gasteiger partial charge in [-0.05, 0) is 60.5 Å². The average molecular weight is 387 g/mol. The summed E-state index contributed by atoms with van der Waals surface area (Å²) in [6, 6.07) is 8.25. The molecule has 0 spiro atoms. The average Bonchev–Trinajstić information content (AvgIpc) is 3.26. The number of carbonyl (C=O) groups excluding carboxylic acids is 1. The van der Waals surface area contributed by atoms with Crippen molar-refractivity contribution >= 4 is 17.2 Å². The molecule has 1 saturated heterocycles. The maximum absolute atomic E-state index is 13.4. The van der Waals surface area contributed by atoms with E-state index in [1.54, 1.807) is 25.6 Å². The van der Waals surface area contributed by atoms with Crippen molar-refractivity contribution in [1.29, 1.82) is 0 Å². The van der Waals surface area contributed by atoms with Gasteiger partial charge in [-0.1, -0.05) is 6.07 Å². The van der Waals surface area contributed by atoms with Crippen molar-refractivity contribution in [2.24, 2.45) is 5.92 Å². The number of methoxy groups -OCH3 is 2. The van der Waals surface area contributed by atoms with E-state index < -0.39 is 0 Å². The number of rotatable bonds is 4. The zero-order chi connectivity index (χ0) is 18.8. The minimum absolute atomic E-state index is 0.0528. The molecule has 2 aromatic rings. The van der Waals surface area contributed by atoms with Crippen LogP contribution in [-0.2, 0) is 11.2 Å². The van der Waals surface area contributed by atoms with Crippen LogP contribution in [0.25, 0.3) is 0 Å². The van der Waals surface area contributed by atoms with Crippen molar-refractivity contribution in [2.45, 2.75) is 25.3 Å². The van der Waals surface area contributed by atoms with Gasteiger partial charge in [-0.15, -0.1) is 11.3 Å². The highest BCUT2D eigenvalue weighted by Crippen LogP contribution is 2.42. The van der Waals surface area contributed by atoms with E-state index in [1.807, 2.05) is 0 Å². The highest BCUT2D eigenvalue weighted by Gasteiger charge is 2.36. The third-order valence-electron chi connectivity index (χ3n) is 5.62. The lowest BCUT2D eigenvalue weighted by Gasteiger charge is -2.40. The molecular formula is C21H26N2O3S. The first-order valence-electron chi connectivity index (χ1n) is 9.52. The molecule has 3 heterocycles. The smallest absolute Gasteiger partial charge is 0.227 e. The Balaban J connectivity index is 1.75. The van der Waals surface area contributed by atoms with Gasteiger partial charge >= 0.3 is 0 Å². The minimum Gasteiger partial charge on any atom is -0.493 e. The number of amides is 1. The van der Waals surface area contributed by atoms with Gasteiger partial charge in [-0.3, -0.25) is 4.79 Å². The zero-order valence-corrected chi connectivity index (χ0v) is 16.7. The fourth-order valence-electron chi connectivity index (χ4n) is 4.23. The number of ether oxygens (including phenoxy) is 2. The van der Waals surface area contributed by atoms with E-state index in [1.165, 1.54) is 10.4 Å². The predicted octanol–water partition coefficient (Wildman–Crippen LogP) is 3.24. The molecule has 27 heavy (non-hydrogen) atoms. The number of fused-ring (bicyclic) bond motifs is 1. The molecule has 0 bridgehead atoms. The molecule has 0 aliphatic carbocycles. The lowest BCUT2D eigenvalue weighted by molar-refractivity contribution is -0.138. The predicted molar refractivity (Wildman–Crippen MR) is 107 cm³/mol. The second kappa shape index (κ2) is 7.90. The molecular weight excluding hydrogens is 360 g/mol. The molecule has 4 rings (SSSR count). The Morgan fingerprint density at radius 1 is 1.26 bits per heavy atom. The molecule has 0 saturated carbocycles. The van der Waals surface area contributed by atoms with Gasteiger partial charge in [0.2, 0.25) is 5.91 Å². The van der Waals surface area contributed by atoms with Crippen LogP contribution in [0.15, 0.2) is 29.6 Å². The number of benzene rings is 1. The van der Waals surface area contributed by atoms with Gasteiger partial charge in [-0.25, -0.2) is 0 Å². The van der Waals surface area contributed by atoms with Crippen LogP contribution in [-0.4, -0.2) is 44.7 Å². The largest absolute Gasteiger partial charge is 0.493 e. The summed E-state index contributed by atoms with van der Waals surface area (Å²) in [5, 5.41) is 5.45. The summed E-state index contributed by atoms with van der Waals surface area (Å²) < 4.78 is 11.0. The molecule has 2 unspecified atom stereocenters. The summed E-state index contributed by atoms with van der Waals surface area (Å²) in [6.07, 6.45) is 2.87. The molecule has 6 heteroatoms. The first-order chi connectivity index (χ1) is 13.2. The van der Waals surface area contributed by atoms with Crippen molar-refractivity contribution in [2.75, 3.05) is 33.9 Å². The maximum atomic E-state index is 13.4. The van der Waals surface area contributed by atoms with Gasteiger partial charge in [0.05, 0.1) is 26.2 Å². The van der Waals surface area contributed by atoms with Crippen LogP contribution in [0.3, 0.4) is 0 Å². The Hall–Kier alpha value is -2.05. The zero-order valence-electron chi connectivity index (χ0n) is 15.9. The number of hydrogen-bond donors (Lipinski definition) is 1. The maximum Gasteiger partial charge on any atom is 0.227 e. The molecule has 144 valence electrons. The highest BCUT2D eigenvalue weighted by atomic mass is 32.1. The summed E-state index contributed by atoms with van der Waals surface area (Å²) in [7, 11) is 3.32. The minimum atomic E-state index is -0.0528. The van der Waals surface area contributed by atoms with E-state index in [4.69, 9.17) is 9.47 Å². The number of nitrogens with one attached hydrogen (secondary N) is 1. The Morgan fingerprint density at radius 3 is 2.74 bits per heavy atom. The summed E-state index contributed by atoms with van der Waals surface area (Å²) in [6.45, 7) is 2.53. The van der Waals surface area contributed by atoms with Gasteiger partial charge < -0.3 is 19.7 Å². The summed E-state index contributed by atoms with van der Waals surface area (Å²) in [5.74, 6) is 1.80. The lowest BCUT2D eigenvalue weighted by Crippen LogP contribution is -2.47. The standard InChI is InChI=1S/C21H26N2O3S/c1-25-17-11-14-7-9-23(21(24)15-5-3-8-22-13-15)20(19-6-4-10-27-19)16(14)12-18(17)26-2/h4,6,10-12,15,20,22H,3,5,7-9,13H2,1-2H3.